The van der Waals surface area contributed by atoms with Gasteiger partial charge >= 0.3 is 7.82 Å². The number of aliphatic hydroxyl groups is 1. The Labute approximate surface area is 72.4 Å². The van der Waals surface area contributed by atoms with Crippen LogP contribution in [0.4, 0.5) is 0 Å². The predicted molar refractivity (Wildman–Crippen MR) is 38.0 cm³/mol. The van der Waals surface area contributed by atoms with Crippen LogP contribution < -0.4 is 5.32 Å². The Morgan fingerprint density at radius 2 is 1.69 bits per heavy atom. The van der Waals surface area contributed by atoms with Crippen LogP contribution in [0.5, 0.6) is 0 Å². The number of nitrogens with one attached hydrogen (secondary N) is 1. The Morgan fingerprint density at radius 3 is 1.77 bits per heavy atom. The first-order valence-corrected chi connectivity index (χ1v) is 4.56. The lowest BCUT2D eigenvalue weighted by Crippen LogP contribution is -2.24. The second-order valence-electron chi connectivity index (χ2n) is 2.15. The van der Waals surface area contributed by atoms with Gasteiger partial charge in [0.25, 0.3) is 5.91 Å². The highest BCUT2D eigenvalue weighted by Crippen LogP contribution is 2.25. The Bertz CT molecular complexity index is 249. The number of imide groups is 1. The molecule has 9 heteroatoms. The van der Waals surface area contributed by atoms with Gasteiger partial charge in [-0.25, -0.2) is 4.57 Å². The molecule has 1 aliphatic heterocycles. The molecule has 2 amide bonds. The molecule has 5 N–H and O–H groups in total. The summed E-state index contributed by atoms with van der Waals surface area (Å²) in [6.45, 7) is 0. The van der Waals surface area contributed by atoms with Gasteiger partial charge in [0.1, 0.15) is 6.10 Å². The Kier molecular flexibility index (Phi) is 4.18. The van der Waals surface area contributed by atoms with Crippen LogP contribution in [0.3, 0.4) is 0 Å². The van der Waals surface area contributed by atoms with Crippen LogP contribution in [-0.2, 0) is 14.2 Å². The van der Waals surface area contributed by atoms with Crippen LogP contribution in [0.15, 0.2) is 0 Å². The molecule has 1 unspecified atom stereocenters. The van der Waals surface area contributed by atoms with Crippen LogP contribution in [0.2, 0.25) is 0 Å². The van der Waals surface area contributed by atoms with Crippen LogP contribution in [0, 0.1) is 0 Å². The third kappa shape index (κ3) is 7.57. The predicted octanol–water partition coefficient (Wildman–Crippen LogP) is -2.53. The van der Waals surface area contributed by atoms with E-state index in [9.17, 15) is 9.59 Å². The lowest BCUT2D eigenvalue weighted by atomic mass is 10.3. The average molecular weight is 213 g/mol. The summed E-state index contributed by atoms with van der Waals surface area (Å²) in [6.07, 6.45) is -1.19. The van der Waals surface area contributed by atoms with Crippen molar-refractivity contribution in [1.82, 2.24) is 5.32 Å². The minimum atomic E-state index is -4.64. The van der Waals surface area contributed by atoms with E-state index in [0.29, 0.717) is 0 Å². The smallest absolute Gasteiger partial charge is 0.383 e. The monoisotopic (exact) mass is 213 g/mol. The first-order valence-electron chi connectivity index (χ1n) is 3.00. The van der Waals surface area contributed by atoms with Crippen molar-refractivity contribution in [3.8, 4) is 0 Å². The molecule has 1 aliphatic rings. The summed E-state index contributed by atoms with van der Waals surface area (Å²) in [5.41, 5.74) is 0. The SMILES string of the molecule is O=C1CC(O)C(=O)N1.O=P(O)(O)O. The fourth-order valence-corrected chi connectivity index (χ4v) is 0.540. The summed E-state index contributed by atoms with van der Waals surface area (Å²) in [5.74, 6) is -0.988. The van der Waals surface area contributed by atoms with E-state index in [1.54, 1.807) is 0 Å². The quantitative estimate of drug-likeness (QED) is 0.220. The second-order valence-corrected chi connectivity index (χ2v) is 3.17. The van der Waals surface area contributed by atoms with Crippen LogP contribution in [-0.4, -0.2) is 37.7 Å². The van der Waals surface area contributed by atoms with Gasteiger partial charge in [-0.1, -0.05) is 0 Å². The second kappa shape index (κ2) is 4.45. The summed E-state index contributed by atoms with van der Waals surface area (Å²) >= 11 is 0. The number of amides is 2. The highest BCUT2D eigenvalue weighted by molar-refractivity contribution is 7.45. The molecule has 1 rings (SSSR count). The zero-order valence-corrected chi connectivity index (χ0v) is 7.14. The molecule has 1 heterocycles. The van der Waals surface area contributed by atoms with Crippen molar-refractivity contribution in [3.05, 3.63) is 0 Å². The molecule has 0 aliphatic carbocycles. The lowest BCUT2D eigenvalue weighted by Gasteiger charge is -1.88. The molecule has 0 saturated carbocycles. The summed E-state index contributed by atoms with van der Waals surface area (Å²) in [4.78, 5) is 41.9. The van der Waals surface area contributed by atoms with Crippen LogP contribution >= 0.6 is 7.82 Å². The molecule has 0 radical (unpaired) electrons. The topological polar surface area (TPSA) is 144 Å². The third-order valence-corrected chi connectivity index (χ3v) is 0.944. The fraction of sp³-hybridized carbons (Fsp3) is 0.500. The van der Waals surface area contributed by atoms with Gasteiger partial charge < -0.3 is 19.8 Å². The number of hydrogen-bond acceptors (Lipinski definition) is 4. The molecular formula is C4H8NO7P. The summed E-state index contributed by atoms with van der Waals surface area (Å²) in [5, 5.41) is 10.5. The van der Waals surface area contributed by atoms with Crippen LogP contribution in [0.1, 0.15) is 6.42 Å². The maximum Gasteiger partial charge on any atom is 0.466 e. The number of phosphoric acid groups is 1. The summed E-state index contributed by atoms with van der Waals surface area (Å²) < 4.78 is 8.88. The third-order valence-electron chi connectivity index (χ3n) is 0.944. The minimum absolute atomic E-state index is 0.0845. The molecular weight excluding hydrogens is 205 g/mol. The molecule has 1 saturated heterocycles. The van der Waals surface area contributed by atoms with Crippen molar-refractivity contribution in [3.63, 3.8) is 0 Å². The maximum absolute atomic E-state index is 10.2. The Morgan fingerprint density at radius 1 is 1.31 bits per heavy atom. The summed E-state index contributed by atoms with van der Waals surface area (Å²) in [7, 11) is -4.64. The number of rotatable bonds is 0. The molecule has 76 valence electrons. The normalized spacial score (nSPS) is 22.0. The van der Waals surface area contributed by atoms with E-state index < -0.39 is 25.7 Å². The molecule has 1 atom stereocenters. The zero-order valence-electron chi connectivity index (χ0n) is 6.25. The lowest BCUT2D eigenvalue weighted by molar-refractivity contribution is -0.127. The molecule has 8 nitrogen and oxygen atoms in total. The van der Waals surface area contributed by atoms with Crippen molar-refractivity contribution >= 4 is 19.6 Å². The molecule has 0 spiro atoms. The van der Waals surface area contributed by atoms with Gasteiger partial charge in [-0.05, 0) is 0 Å². The van der Waals surface area contributed by atoms with Gasteiger partial charge in [-0.15, -0.1) is 0 Å². The Hall–Kier alpha value is -0.790. The van der Waals surface area contributed by atoms with E-state index in [0.717, 1.165) is 0 Å². The van der Waals surface area contributed by atoms with E-state index in [1.807, 2.05) is 5.32 Å². The Balaban J connectivity index is 0.000000252. The molecule has 1 fully saturated rings. The summed E-state index contributed by atoms with van der Waals surface area (Å²) in [6, 6.07) is 0. The highest BCUT2D eigenvalue weighted by atomic mass is 31.2. The van der Waals surface area contributed by atoms with Gasteiger partial charge in [0.2, 0.25) is 5.91 Å². The van der Waals surface area contributed by atoms with Gasteiger partial charge in [-0.2, -0.15) is 0 Å². The maximum atomic E-state index is 10.2. The van der Waals surface area contributed by atoms with E-state index in [4.69, 9.17) is 24.4 Å². The van der Waals surface area contributed by atoms with Gasteiger partial charge in [0.15, 0.2) is 0 Å². The number of hydrogen-bond donors (Lipinski definition) is 5. The minimum Gasteiger partial charge on any atom is -0.383 e. The largest absolute Gasteiger partial charge is 0.466 e. The number of aliphatic hydroxyl groups excluding tert-OH is 1. The fourth-order valence-electron chi connectivity index (χ4n) is 0.540. The number of carbonyl (C=O) groups is 2. The van der Waals surface area contributed by atoms with Crippen molar-refractivity contribution in [1.29, 1.82) is 0 Å². The van der Waals surface area contributed by atoms with Gasteiger partial charge in [-0.3, -0.25) is 14.9 Å². The van der Waals surface area contributed by atoms with E-state index >= 15 is 0 Å². The molecule has 0 aromatic heterocycles. The van der Waals surface area contributed by atoms with Crippen molar-refractivity contribution in [2.45, 2.75) is 12.5 Å². The van der Waals surface area contributed by atoms with Crippen molar-refractivity contribution in [2.24, 2.45) is 0 Å². The molecule has 13 heavy (non-hydrogen) atoms. The highest BCUT2D eigenvalue weighted by Gasteiger charge is 2.27. The van der Waals surface area contributed by atoms with Crippen molar-refractivity contribution < 1.29 is 33.9 Å². The first kappa shape index (κ1) is 12.2. The molecule has 0 aromatic rings. The van der Waals surface area contributed by atoms with E-state index in [2.05, 4.69) is 0 Å². The standard InChI is InChI=1S/C4H5NO3.H3O4P/c6-2-1-3(7)5-4(2)8;1-5(2,3)4/h2,6H,1H2,(H,5,7,8);(H3,1,2,3,4). The van der Waals surface area contributed by atoms with Gasteiger partial charge in [0.05, 0.1) is 6.42 Å². The molecule has 0 bridgehead atoms. The van der Waals surface area contributed by atoms with Crippen LogP contribution in [0.25, 0.3) is 0 Å². The van der Waals surface area contributed by atoms with E-state index in [-0.39, 0.29) is 6.42 Å². The van der Waals surface area contributed by atoms with Crippen molar-refractivity contribution in [2.75, 3.05) is 0 Å². The van der Waals surface area contributed by atoms with Gasteiger partial charge in [0, 0.05) is 0 Å². The van der Waals surface area contributed by atoms with E-state index in [1.165, 1.54) is 0 Å². The number of carbonyl (C=O) groups excluding carboxylic acids is 2. The average Bonchev–Trinajstić information content (AvgIpc) is 2.05. The molecule has 0 aromatic carbocycles. The zero-order chi connectivity index (χ0) is 10.6. The first-order chi connectivity index (χ1) is 5.70.